The van der Waals surface area contributed by atoms with Crippen molar-refractivity contribution in [1.82, 2.24) is 10.2 Å². The Morgan fingerprint density at radius 2 is 2.14 bits per heavy atom. The summed E-state index contributed by atoms with van der Waals surface area (Å²) in [6, 6.07) is 0.448. The van der Waals surface area contributed by atoms with E-state index in [1.54, 1.807) is 7.11 Å². The molecule has 0 aromatic rings. The molecule has 0 aliphatic carbocycles. The van der Waals surface area contributed by atoms with Crippen LogP contribution in [0.4, 0.5) is 0 Å². The summed E-state index contributed by atoms with van der Waals surface area (Å²) in [7, 11) is 5.89. The van der Waals surface area contributed by atoms with Gasteiger partial charge in [0.25, 0.3) is 0 Å². The van der Waals surface area contributed by atoms with Gasteiger partial charge in [-0.3, -0.25) is 0 Å². The first kappa shape index (κ1) is 13.8. The highest BCUT2D eigenvalue weighted by atomic mass is 16.5. The van der Waals surface area contributed by atoms with E-state index in [0.717, 1.165) is 39.1 Å². The predicted octanol–water partition coefficient (Wildman–Crippen LogP) is -0.108. The molecule has 4 nitrogen and oxygen atoms in total. The van der Waals surface area contributed by atoms with Crippen molar-refractivity contribution in [2.75, 3.05) is 47.4 Å². The first-order valence-corrected chi connectivity index (χ1v) is 5.27. The average Bonchev–Trinajstić information content (AvgIpc) is 2.13. The zero-order valence-electron chi connectivity index (χ0n) is 9.75. The minimum Gasteiger partial charge on any atom is -0.383 e. The molecule has 0 aliphatic heterocycles. The standard InChI is InChI=1S/C10H25N3O/c1-13(2)8-7-12-10(9-14-3)5-4-6-11/h10,12H,4-9,11H2,1-3H3. The van der Waals surface area contributed by atoms with Crippen LogP contribution in [0.25, 0.3) is 0 Å². The maximum atomic E-state index is 5.47. The van der Waals surface area contributed by atoms with Gasteiger partial charge in [-0.15, -0.1) is 0 Å². The second-order valence-electron chi connectivity index (χ2n) is 3.84. The van der Waals surface area contributed by atoms with Crippen LogP contribution in [0.15, 0.2) is 0 Å². The lowest BCUT2D eigenvalue weighted by atomic mass is 10.1. The Kier molecular flexibility index (Phi) is 9.29. The van der Waals surface area contributed by atoms with Gasteiger partial charge in [0, 0.05) is 26.2 Å². The molecule has 3 N–H and O–H groups in total. The number of rotatable bonds is 9. The van der Waals surface area contributed by atoms with Gasteiger partial charge >= 0.3 is 0 Å². The number of nitrogens with zero attached hydrogens (tertiary/aromatic N) is 1. The van der Waals surface area contributed by atoms with Gasteiger partial charge in [-0.1, -0.05) is 0 Å². The fourth-order valence-corrected chi connectivity index (χ4v) is 1.30. The zero-order chi connectivity index (χ0) is 10.8. The summed E-state index contributed by atoms with van der Waals surface area (Å²) in [6.45, 7) is 3.59. The molecule has 0 aliphatic rings. The minimum atomic E-state index is 0.448. The van der Waals surface area contributed by atoms with Crippen LogP contribution in [-0.2, 0) is 4.74 Å². The van der Waals surface area contributed by atoms with Gasteiger partial charge in [0.1, 0.15) is 0 Å². The van der Waals surface area contributed by atoms with E-state index in [9.17, 15) is 0 Å². The van der Waals surface area contributed by atoms with E-state index in [1.807, 2.05) is 0 Å². The summed E-state index contributed by atoms with van der Waals surface area (Å²) in [5.74, 6) is 0. The molecule has 0 bridgehead atoms. The van der Waals surface area contributed by atoms with Crippen molar-refractivity contribution in [3.8, 4) is 0 Å². The Labute approximate surface area is 87.8 Å². The summed E-state index contributed by atoms with van der Waals surface area (Å²) < 4.78 is 5.14. The molecule has 4 heteroatoms. The highest BCUT2D eigenvalue weighted by Gasteiger charge is 2.06. The van der Waals surface area contributed by atoms with E-state index in [-0.39, 0.29) is 0 Å². The lowest BCUT2D eigenvalue weighted by Crippen LogP contribution is -2.37. The number of hydrogen-bond donors (Lipinski definition) is 2. The predicted molar refractivity (Wildman–Crippen MR) is 60.5 cm³/mol. The second kappa shape index (κ2) is 9.40. The SMILES string of the molecule is COCC(CCCN)NCCN(C)C. The third kappa shape index (κ3) is 8.44. The normalized spacial score (nSPS) is 13.5. The molecule has 1 unspecified atom stereocenters. The van der Waals surface area contributed by atoms with Gasteiger partial charge in [-0.2, -0.15) is 0 Å². The highest BCUT2D eigenvalue weighted by molar-refractivity contribution is 4.66. The molecule has 0 saturated heterocycles. The molecule has 0 rings (SSSR count). The molecule has 0 heterocycles. The Morgan fingerprint density at radius 3 is 2.64 bits per heavy atom. The smallest absolute Gasteiger partial charge is 0.0615 e. The quantitative estimate of drug-likeness (QED) is 0.549. The molecule has 14 heavy (non-hydrogen) atoms. The molecular weight excluding hydrogens is 178 g/mol. The van der Waals surface area contributed by atoms with Gasteiger partial charge < -0.3 is 20.7 Å². The number of ether oxygens (including phenoxy) is 1. The van der Waals surface area contributed by atoms with Gasteiger partial charge in [-0.25, -0.2) is 0 Å². The Hall–Kier alpha value is -0.160. The number of nitrogens with one attached hydrogen (secondary N) is 1. The molecule has 0 fully saturated rings. The maximum Gasteiger partial charge on any atom is 0.0615 e. The van der Waals surface area contributed by atoms with Crippen molar-refractivity contribution in [2.45, 2.75) is 18.9 Å². The molecule has 1 atom stereocenters. The van der Waals surface area contributed by atoms with E-state index in [4.69, 9.17) is 10.5 Å². The molecule has 0 radical (unpaired) electrons. The van der Waals surface area contributed by atoms with Crippen LogP contribution < -0.4 is 11.1 Å². The Balaban J connectivity index is 3.50. The van der Waals surface area contributed by atoms with Crippen molar-refractivity contribution in [3.63, 3.8) is 0 Å². The lowest BCUT2D eigenvalue weighted by molar-refractivity contribution is 0.160. The number of nitrogens with two attached hydrogens (primary N) is 1. The van der Waals surface area contributed by atoms with E-state index < -0.39 is 0 Å². The van der Waals surface area contributed by atoms with Crippen molar-refractivity contribution in [2.24, 2.45) is 5.73 Å². The number of hydrogen-bond acceptors (Lipinski definition) is 4. The van der Waals surface area contributed by atoms with E-state index >= 15 is 0 Å². The number of likely N-dealkylation sites (N-methyl/N-ethyl adjacent to an activating group) is 1. The zero-order valence-corrected chi connectivity index (χ0v) is 9.75. The van der Waals surface area contributed by atoms with E-state index in [0.29, 0.717) is 6.04 Å². The fraction of sp³-hybridized carbons (Fsp3) is 1.00. The van der Waals surface area contributed by atoms with Crippen LogP contribution in [0.1, 0.15) is 12.8 Å². The summed E-state index contributed by atoms with van der Waals surface area (Å²) in [5.41, 5.74) is 5.47. The first-order chi connectivity index (χ1) is 6.70. The van der Waals surface area contributed by atoms with E-state index in [1.165, 1.54) is 0 Å². The summed E-state index contributed by atoms with van der Waals surface area (Å²) >= 11 is 0. The van der Waals surface area contributed by atoms with Crippen LogP contribution >= 0.6 is 0 Å². The van der Waals surface area contributed by atoms with Gasteiger partial charge in [0.2, 0.25) is 0 Å². The van der Waals surface area contributed by atoms with Gasteiger partial charge in [0.05, 0.1) is 6.61 Å². The molecule has 0 aromatic carbocycles. The molecule has 0 aromatic heterocycles. The van der Waals surface area contributed by atoms with Crippen LogP contribution in [0, 0.1) is 0 Å². The van der Waals surface area contributed by atoms with Crippen LogP contribution in [0.2, 0.25) is 0 Å². The summed E-state index contributed by atoms with van der Waals surface area (Å²) in [5, 5.41) is 3.46. The Bertz CT molecular complexity index is 120. The summed E-state index contributed by atoms with van der Waals surface area (Å²) in [6.07, 6.45) is 2.15. The minimum absolute atomic E-state index is 0.448. The van der Waals surface area contributed by atoms with Crippen molar-refractivity contribution < 1.29 is 4.74 Å². The fourth-order valence-electron chi connectivity index (χ4n) is 1.30. The highest BCUT2D eigenvalue weighted by Crippen LogP contribution is 1.96. The summed E-state index contributed by atoms with van der Waals surface area (Å²) in [4.78, 5) is 2.17. The number of methoxy groups -OCH3 is 1. The van der Waals surface area contributed by atoms with Crippen LogP contribution in [0.3, 0.4) is 0 Å². The lowest BCUT2D eigenvalue weighted by Gasteiger charge is -2.19. The molecule has 86 valence electrons. The van der Waals surface area contributed by atoms with E-state index in [2.05, 4.69) is 24.3 Å². The topological polar surface area (TPSA) is 50.5 Å². The van der Waals surface area contributed by atoms with Crippen molar-refractivity contribution >= 4 is 0 Å². The molecular formula is C10H25N3O. The molecule has 0 saturated carbocycles. The average molecular weight is 203 g/mol. The first-order valence-electron chi connectivity index (χ1n) is 5.27. The second-order valence-corrected chi connectivity index (χ2v) is 3.84. The van der Waals surface area contributed by atoms with Crippen molar-refractivity contribution in [3.05, 3.63) is 0 Å². The molecule has 0 spiro atoms. The maximum absolute atomic E-state index is 5.47. The largest absolute Gasteiger partial charge is 0.383 e. The Morgan fingerprint density at radius 1 is 1.43 bits per heavy atom. The van der Waals surface area contributed by atoms with Crippen LogP contribution in [0.5, 0.6) is 0 Å². The third-order valence-corrected chi connectivity index (χ3v) is 2.12. The van der Waals surface area contributed by atoms with Crippen molar-refractivity contribution in [1.29, 1.82) is 0 Å². The third-order valence-electron chi connectivity index (χ3n) is 2.12. The van der Waals surface area contributed by atoms with Crippen LogP contribution in [-0.4, -0.2) is 58.4 Å². The van der Waals surface area contributed by atoms with Gasteiger partial charge in [-0.05, 0) is 33.5 Å². The molecule has 0 amide bonds. The monoisotopic (exact) mass is 203 g/mol. The van der Waals surface area contributed by atoms with Gasteiger partial charge in [0.15, 0.2) is 0 Å².